The fourth-order valence-corrected chi connectivity index (χ4v) is 2.52. The number of likely N-dealkylation sites (N-methyl/N-ethyl adjacent to an activating group) is 1. The number of carbonyl (C=O) groups excluding carboxylic acids is 1. The van der Waals surface area contributed by atoms with Gasteiger partial charge >= 0.3 is 0 Å². The van der Waals surface area contributed by atoms with Gasteiger partial charge < -0.3 is 4.90 Å². The van der Waals surface area contributed by atoms with E-state index < -0.39 is 0 Å². The number of benzene rings is 1. The summed E-state index contributed by atoms with van der Waals surface area (Å²) in [6.45, 7) is 10.2. The fourth-order valence-electron chi connectivity index (χ4n) is 2.52. The van der Waals surface area contributed by atoms with Gasteiger partial charge in [-0.3, -0.25) is 9.69 Å². The van der Waals surface area contributed by atoms with Crippen molar-refractivity contribution in [1.82, 2.24) is 9.80 Å². The molecule has 0 N–H and O–H groups in total. The topological polar surface area (TPSA) is 23.6 Å². The molecule has 2 rings (SSSR count). The molecule has 0 saturated carbocycles. The van der Waals surface area contributed by atoms with Crippen molar-refractivity contribution in [2.45, 2.75) is 20.8 Å². The lowest BCUT2D eigenvalue weighted by atomic mass is 9.81. The van der Waals surface area contributed by atoms with E-state index in [0.29, 0.717) is 5.82 Å². The average Bonchev–Trinajstić information content (AvgIpc) is 2.39. The summed E-state index contributed by atoms with van der Waals surface area (Å²) in [5.41, 5.74) is 2.58. The predicted octanol–water partition coefficient (Wildman–Crippen LogP) is 3.32. The highest BCUT2D eigenvalue weighted by Gasteiger charge is 2.37. The minimum absolute atomic E-state index is 0.0273. The van der Waals surface area contributed by atoms with Gasteiger partial charge in [0.25, 0.3) is 5.91 Å². The van der Waals surface area contributed by atoms with Gasteiger partial charge in [0.05, 0.1) is 5.70 Å². The first-order chi connectivity index (χ1) is 9.25. The van der Waals surface area contributed by atoms with Crippen LogP contribution in [-0.4, -0.2) is 29.8 Å². The third-order valence-corrected chi connectivity index (χ3v) is 3.66. The molecule has 1 aromatic rings. The zero-order chi connectivity index (χ0) is 15.1. The monoisotopic (exact) mass is 270 g/mol. The minimum atomic E-state index is -0.231. The fraction of sp³-hybridized carbons (Fsp3) is 0.353. The van der Waals surface area contributed by atoms with Crippen molar-refractivity contribution in [2.75, 3.05) is 14.1 Å². The lowest BCUT2D eigenvalue weighted by Crippen LogP contribution is -2.43. The van der Waals surface area contributed by atoms with Crippen LogP contribution >= 0.6 is 0 Å². The zero-order valence-electron chi connectivity index (χ0n) is 12.9. The Morgan fingerprint density at radius 2 is 1.55 bits per heavy atom. The van der Waals surface area contributed by atoms with E-state index in [2.05, 4.69) is 27.4 Å². The minimum Gasteiger partial charge on any atom is -0.330 e. The second-order valence-corrected chi connectivity index (χ2v) is 6.18. The van der Waals surface area contributed by atoms with Gasteiger partial charge in [0, 0.05) is 19.7 Å². The first kappa shape index (κ1) is 14.4. The number of rotatable bonds is 1. The van der Waals surface area contributed by atoms with Crippen LogP contribution in [0.25, 0.3) is 5.70 Å². The number of amides is 1. The molecule has 1 amide bonds. The van der Waals surface area contributed by atoms with Crippen LogP contribution < -0.4 is 0 Å². The van der Waals surface area contributed by atoms with Crippen molar-refractivity contribution in [3.8, 4) is 0 Å². The van der Waals surface area contributed by atoms with Crippen LogP contribution in [0.3, 0.4) is 0 Å². The van der Waals surface area contributed by atoms with Gasteiger partial charge in [-0.1, -0.05) is 57.7 Å². The van der Waals surface area contributed by atoms with Crippen molar-refractivity contribution in [1.29, 1.82) is 0 Å². The molecule has 0 radical (unpaired) electrons. The number of hydrogen-bond acceptors (Lipinski definition) is 2. The van der Waals surface area contributed by atoms with Gasteiger partial charge in [-0.2, -0.15) is 0 Å². The molecular formula is C17H22N2O. The Bertz CT molecular complexity index is 579. The van der Waals surface area contributed by atoms with Gasteiger partial charge in [0.1, 0.15) is 5.82 Å². The Kier molecular flexibility index (Phi) is 3.46. The van der Waals surface area contributed by atoms with Crippen LogP contribution in [0.15, 0.2) is 48.3 Å². The third kappa shape index (κ3) is 2.24. The standard InChI is InChI=1S/C17H22N2O/c1-12-18(5)15(13-10-8-7-9-11-13)14(17(2,3)4)16(20)19(12)6/h7-11H,1H2,2-6H3. The van der Waals surface area contributed by atoms with Crippen molar-refractivity contribution >= 4 is 11.6 Å². The summed E-state index contributed by atoms with van der Waals surface area (Å²) in [5, 5.41) is 0. The molecule has 20 heavy (non-hydrogen) atoms. The summed E-state index contributed by atoms with van der Waals surface area (Å²) in [5.74, 6) is 0.723. The first-order valence-corrected chi connectivity index (χ1v) is 6.76. The van der Waals surface area contributed by atoms with Crippen molar-refractivity contribution < 1.29 is 4.79 Å². The van der Waals surface area contributed by atoms with Crippen LogP contribution in [-0.2, 0) is 4.79 Å². The van der Waals surface area contributed by atoms with E-state index in [-0.39, 0.29) is 11.3 Å². The predicted molar refractivity (Wildman–Crippen MR) is 82.5 cm³/mol. The van der Waals surface area contributed by atoms with Gasteiger partial charge in [-0.15, -0.1) is 0 Å². The normalized spacial score (nSPS) is 17.1. The molecular weight excluding hydrogens is 248 g/mol. The van der Waals surface area contributed by atoms with Gasteiger partial charge in [0.15, 0.2) is 0 Å². The Balaban J connectivity index is 2.75. The molecule has 1 heterocycles. The maximum absolute atomic E-state index is 12.7. The lowest BCUT2D eigenvalue weighted by molar-refractivity contribution is -0.126. The maximum Gasteiger partial charge on any atom is 0.257 e. The first-order valence-electron chi connectivity index (χ1n) is 6.76. The molecule has 0 fully saturated rings. The summed E-state index contributed by atoms with van der Waals surface area (Å²) in [6, 6.07) is 10.0. The number of nitrogens with zero attached hydrogens (tertiary/aromatic N) is 2. The quantitative estimate of drug-likeness (QED) is 0.781. The lowest BCUT2D eigenvalue weighted by Gasteiger charge is -2.41. The van der Waals surface area contributed by atoms with Crippen LogP contribution in [0.5, 0.6) is 0 Å². The Morgan fingerprint density at radius 1 is 1.00 bits per heavy atom. The molecule has 0 atom stereocenters. The highest BCUT2D eigenvalue weighted by molar-refractivity contribution is 6.04. The molecule has 1 aromatic carbocycles. The number of carbonyl (C=O) groups is 1. The Morgan fingerprint density at radius 3 is 2.05 bits per heavy atom. The molecule has 1 aliphatic heterocycles. The van der Waals surface area contributed by atoms with E-state index in [1.165, 1.54) is 0 Å². The molecule has 0 aromatic heterocycles. The van der Waals surface area contributed by atoms with E-state index in [4.69, 9.17) is 0 Å². The molecule has 0 spiro atoms. The van der Waals surface area contributed by atoms with E-state index in [1.807, 2.05) is 42.3 Å². The van der Waals surface area contributed by atoms with Crippen LogP contribution in [0.4, 0.5) is 0 Å². The van der Waals surface area contributed by atoms with E-state index in [1.54, 1.807) is 11.9 Å². The summed E-state index contributed by atoms with van der Waals surface area (Å²) in [4.78, 5) is 16.3. The average molecular weight is 270 g/mol. The summed E-state index contributed by atoms with van der Waals surface area (Å²) >= 11 is 0. The molecule has 0 saturated heterocycles. The molecule has 0 unspecified atom stereocenters. The smallest absolute Gasteiger partial charge is 0.257 e. The van der Waals surface area contributed by atoms with E-state index >= 15 is 0 Å². The molecule has 0 aliphatic carbocycles. The Hall–Kier alpha value is -2.03. The second-order valence-electron chi connectivity index (χ2n) is 6.18. The molecule has 3 nitrogen and oxygen atoms in total. The van der Waals surface area contributed by atoms with Gasteiger partial charge in [-0.05, 0) is 11.0 Å². The summed E-state index contributed by atoms with van der Waals surface area (Å²) < 4.78 is 0. The van der Waals surface area contributed by atoms with Gasteiger partial charge in [-0.25, -0.2) is 0 Å². The molecule has 0 bridgehead atoms. The SMILES string of the molecule is C=C1N(C)C(=O)C(C(C)(C)C)=C(c2ccccc2)N1C. The van der Waals surface area contributed by atoms with Crippen molar-refractivity contribution in [2.24, 2.45) is 5.41 Å². The van der Waals surface area contributed by atoms with E-state index in [0.717, 1.165) is 16.8 Å². The second kappa shape index (κ2) is 4.82. The Labute approximate surface area is 121 Å². The highest BCUT2D eigenvalue weighted by Crippen LogP contribution is 2.40. The third-order valence-electron chi connectivity index (χ3n) is 3.66. The maximum atomic E-state index is 12.7. The summed E-state index contributed by atoms with van der Waals surface area (Å²) in [6.07, 6.45) is 0. The molecule has 3 heteroatoms. The molecule has 106 valence electrons. The van der Waals surface area contributed by atoms with Crippen LogP contribution in [0.2, 0.25) is 0 Å². The van der Waals surface area contributed by atoms with Crippen molar-refractivity contribution in [3.63, 3.8) is 0 Å². The van der Waals surface area contributed by atoms with Crippen molar-refractivity contribution in [3.05, 3.63) is 53.9 Å². The zero-order valence-corrected chi connectivity index (χ0v) is 12.9. The highest BCUT2D eigenvalue weighted by atomic mass is 16.2. The largest absolute Gasteiger partial charge is 0.330 e. The van der Waals surface area contributed by atoms with Gasteiger partial charge in [0.2, 0.25) is 0 Å². The summed E-state index contributed by atoms with van der Waals surface area (Å²) in [7, 11) is 3.73. The number of hydrogen-bond donors (Lipinski definition) is 0. The van der Waals surface area contributed by atoms with E-state index in [9.17, 15) is 4.79 Å². The van der Waals surface area contributed by atoms with Crippen LogP contribution in [0.1, 0.15) is 26.3 Å². The molecule has 1 aliphatic rings. The van der Waals surface area contributed by atoms with Crippen LogP contribution in [0, 0.1) is 5.41 Å².